The van der Waals surface area contributed by atoms with Crippen LogP contribution in [-0.2, 0) is 52.5 Å². The molecule has 0 aliphatic carbocycles. The van der Waals surface area contributed by atoms with E-state index in [1.807, 2.05) is 27.7 Å². The number of Topliss-reactive ketones (excluding diaryl/α,β-unsaturated/α-hetero) is 1. The maximum absolute atomic E-state index is 12.4. The van der Waals surface area contributed by atoms with Gasteiger partial charge in [-0.1, -0.05) is 105 Å². The molecular weight excluding hydrogens is 780 g/mol. The van der Waals surface area contributed by atoms with Crippen molar-refractivity contribution < 1.29 is 62.7 Å². The molecule has 0 aromatic carbocycles. The summed E-state index contributed by atoms with van der Waals surface area (Å²) in [6, 6.07) is -1.70. The third kappa shape index (κ3) is 35.1. The van der Waals surface area contributed by atoms with E-state index in [0.717, 1.165) is 38.5 Å². The monoisotopic (exact) mass is 859 g/mol. The molecule has 0 aromatic heterocycles. The maximum Gasteiger partial charge on any atom is 0.326 e. The summed E-state index contributed by atoms with van der Waals surface area (Å²) in [5.74, 6) is -3.32. The molecule has 0 spiro atoms. The number of rotatable bonds is 41. The molecule has 0 saturated carbocycles. The topological polar surface area (TPSA) is 245 Å². The number of amides is 4. The van der Waals surface area contributed by atoms with Gasteiger partial charge in [-0.25, -0.2) is 4.79 Å². The minimum Gasteiger partial charge on any atom is -0.481 e. The summed E-state index contributed by atoms with van der Waals surface area (Å²) < 4.78 is 21.3. The lowest BCUT2D eigenvalue weighted by Crippen LogP contribution is -2.46. The molecule has 0 aliphatic heterocycles. The zero-order valence-corrected chi connectivity index (χ0v) is 37.0. The van der Waals surface area contributed by atoms with Crippen molar-refractivity contribution in [3.8, 4) is 0 Å². The Morgan fingerprint density at radius 1 is 0.483 bits per heavy atom. The fourth-order valence-electron chi connectivity index (χ4n) is 6.03. The Morgan fingerprint density at radius 2 is 0.900 bits per heavy atom. The van der Waals surface area contributed by atoms with Crippen LogP contribution in [0, 0.1) is 5.41 Å². The van der Waals surface area contributed by atoms with Crippen LogP contribution >= 0.6 is 0 Å². The first kappa shape index (κ1) is 56.3. The molecular formula is C43H78N4O13. The van der Waals surface area contributed by atoms with Crippen LogP contribution in [0.2, 0.25) is 0 Å². The van der Waals surface area contributed by atoms with Crippen LogP contribution in [0.1, 0.15) is 150 Å². The highest BCUT2D eigenvalue weighted by atomic mass is 16.5. The fourth-order valence-corrected chi connectivity index (χ4v) is 6.03. The number of nitrogens with one attached hydrogen (secondary N) is 4. The summed E-state index contributed by atoms with van der Waals surface area (Å²) in [5.41, 5.74) is -0.551. The summed E-state index contributed by atoms with van der Waals surface area (Å²) in [6.45, 7) is 8.58. The van der Waals surface area contributed by atoms with Crippen molar-refractivity contribution in [2.75, 3.05) is 65.9 Å². The molecule has 2 atom stereocenters. The van der Waals surface area contributed by atoms with Crippen molar-refractivity contribution in [3.63, 3.8) is 0 Å². The van der Waals surface area contributed by atoms with Gasteiger partial charge in [0.2, 0.25) is 23.6 Å². The van der Waals surface area contributed by atoms with E-state index < -0.39 is 29.4 Å². The number of hydrogen-bond donors (Lipinski definition) is 6. The summed E-state index contributed by atoms with van der Waals surface area (Å²) >= 11 is 0. The van der Waals surface area contributed by atoms with Crippen molar-refractivity contribution in [1.82, 2.24) is 21.3 Å². The third-order valence-electron chi connectivity index (χ3n) is 9.48. The van der Waals surface area contributed by atoms with E-state index in [1.54, 1.807) is 0 Å². The molecule has 2 unspecified atom stereocenters. The zero-order valence-electron chi connectivity index (χ0n) is 37.0. The van der Waals surface area contributed by atoms with Crippen LogP contribution < -0.4 is 21.3 Å². The van der Waals surface area contributed by atoms with Crippen LogP contribution in [-0.4, -0.2) is 130 Å². The van der Waals surface area contributed by atoms with E-state index in [-0.39, 0.29) is 121 Å². The first-order chi connectivity index (χ1) is 28.7. The Balaban J connectivity index is 3.73. The quantitative estimate of drug-likeness (QED) is 0.0466. The maximum atomic E-state index is 12.4. The average molecular weight is 859 g/mol. The van der Waals surface area contributed by atoms with Crippen molar-refractivity contribution >= 4 is 41.4 Å². The molecule has 0 rings (SSSR count). The van der Waals surface area contributed by atoms with E-state index in [9.17, 15) is 38.7 Å². The van der Waals surface area contributed by atoms with Crippen LogP contribution in [0.3, 0.4) is 0 Å². The number of hydrogen-bond acceptors (Lipinski definition) is 11. The van der Waals surface area contributed by atoms with Crippen LogP contribution in [0.15, 0.2) is 0 Å². The van der Waals surface area contributed by atoms with E-state index in [4.69, 9.17) is 24.1 Å². The van der Waals surface area contributed by atoms with Crippen molar-refractivity contribution in [2.45, 2.75) is 162 Å². The minimum atomic E-state index is -1.18. The lowest BCUT2D eigenvalue weighted by Gasteiger charge is -2.24. The number of ketones is 1. The highest BCUT2D eigenvalue weighted by Crippen LogP contribution is 2.18. The average Bonchev–Trinajstić information content (AvgIpc) is 3.19. The van der Waals surface area contributed by atoms with Gasteiger partial charge in [0.15, 0.2) is 5.78 Å². The molecule has 0 aliphatic rings. The van der Waals surface area contributed by atoms with Gasteiger partial charge in [0.25, 0.3) is 0 Å². The molecule has 4 amide bonds. The van der Waals surface area contributed by atoms with Gasteiger partial charge in [0.1, 0.15) is 19.3 Å². The van der Waals surface area contributed by atoms with E-state index in [2.05, 4.69) is 21.3 Å². The number of carboxylic acid groups (broad SMARTS) is 2. The highest BCUT2D eigenvalue weighted by Gasteiger charge is 2.29. The lowest BCUT2D eigenvalue weighted by molar-refractivity contribution is -0.142. The Hall–Kier alpha value is -3.67. The van der Waals surface area contributed by atoms with Gasteiger partial charge in [-0.05, 0) is 25.7 Å². The Morgan fingerprint density at radius 3 is 1.35 bits per heavy atom. The summed E-state index contributed by atoms with van der Waals surface area (Å²) in [4.78, 5) is 83.1. The second kappa shape index (κ2) is 37.1. The fraction of sp³-hybridized carbons (Fsp3) is 0.837. The number of aliphatic carboxylic acids is 2. The van der Waals surface area contributed by atoms with Crippen LogP contribution in [0.4, 0.5) is 0 Å². The molecule has 6 N–H and O–H groups in total. The van der Waals surface area contributed by atoms with Crippen molar-refractivity contribution in [1.29, 1.82) is 0 Å². The molecule has 0 heterocycles. The molecule has 0 bridgehead atoms. The lowest BCUT2D eigenvalue weighted by atomic mass is 9.85. The Labute approximate surface area is 357 Å². The summed E-state index contributed by atoms with van der Waals surface area (Å²) in [6.07, 6.45) is 16.0. The molecule has 17 nitrogen and oxygen atoms in total. The minimum absolute atomic E-state index is 0.0282. The number of ether oxygens (including phenoxy) is 4. The second-order valence-corrected chi connectivity index (χ2v) is 16.0. The van der Waals surface area contributed by atoms with Crippen molar-refractivity contribution in [3.05, 3.63) is 0 Å². The predicted octanol–water partition coefficient (Wildman–Crippen LogP) is 4.47. The highest BCUT2D eigenvalue weighted by molar-refractivity contribution is 5.92. The van der Waals surface area contributed by atoms with Gasteiger partial charge in [-0.2, -0.15) is 0 Å². The smallest absolute Gasteiger partial charge is 0.326 e. The Kier molecular flexibility index (Phi) is 34.9. The van der Waals surface area contributed by atoms with Gasteiger partial charge in [-0.3, -0.25) is 28.8 Å². The second-order valence-electron chi connectivity index (χ2n) is 16.0. The SMILES string of the molecule is CCC(NC(=O)COCCOCCNC(=O)COCCOCCNC(=O)CCC(NC(=O)CCCCCCCCCCCCCCCCC(=O)O)C(=O)O)C(=O)C(C)(C)C. The number of unbranched alkanes of at least 4 members (excludes halogenated alkanes) is 13. The molecule has 0 saturated heterocycles. The third-order valence-corrected chi connectivity index (χ3v) is 9.48. The standard InChI is InChI=1S/C43H78N4O13/c1-5-34(41(54)43(2,3)4)46-39(51)33-60-31-29-58-27-25-45-38(50)32-59-30-28-57-26-24-44-36(48)23-22-35(42(55)56)47-37(49)20-18-16-14-12-10-8-6-7-9-11-13-15-17-19-21-40(52)53/h34-35H,5-33H2,1-4H3,(H,44,48)(H,45,50)(H,46,51)(H,47,49)(H,52,53)(H,55,56). The van der Waals surface area contributed by atoms with Gasteiger partial charge in [0.05, 0.1) is 45.7 Å². The van der Waals surface area contributed by atoms with Gasteiger partial charge in [-0.15, -0.1) is 0 Å². The molecule has 0 radical (unpaired) electrons. The van der Waals surface area contributed by atoms with Crippen LogP contribution in [0.25, 0.3) is 0 Å². The molecule has 17 heteroatoms. The van der Waals surface area contributed by atoms with Crippen LogP contribution in [0.5, 0.6) is 0 Å². The molecule has 0 fully saturated rings. The summed E-state index contributed by atoms with van der Waals surface area (Å²) in [7, 11) is 0. The van der Waals surface area contributed by atoms with Crippen molar-refractivity contribution in [2.24, 2.45) is 5.41 Å². The number of carboxylic acids is 2. The first-order valence-electron chi connectivity index (χ1n) is 22.1. The number of carbonyl (C=O) groups is 7. The van der Waals surface area contributed by atoms with E-state index >= 15 is 0 Å². The normalized spacial score (nSPS) is 12.3. The van der Waals surface area contributed by atoms with Gasteiger partial charge in [0, 0.05) is 37.8 Å². The van der Waals surface area contributed by atoms with Gasteiger partial charge < -0.3 is 50.4 Å². The molecule has 0 aromatic rings. The first-order valence-corrected chi connectivity index (χ1v) is 22.1. The van der Waals surface area contributed by atoms with E-state index in [1.165, 1.54) is 44.9 Å². The molecule has 60 heavy (non-hydrogen) atoms. The number of carbonyl (C=O) groups excluding carboxylic acids is 5. The van der Waals surface area contributed by atoms with E-state index in [0.29, 0.717) is 12.8 Å². The largest absolute Gasteiger partial charge is 0.481 e. The summed E-state index contributed by atoms with van der Waals surface area (Å²) in [5, 5.41) is 28.7. The predicted molar refractivity (Wildman–Crippen MR) is 226 cm³/mol. The Bertz CT molecular complexity index is 1210. The molecule has 348 valence electrons. The van der Waals surface area contributed by atoms with Gasteiger partial charge >= 0.3 is 11.9 Å². The zero-order chi connectivity index (χ0) is 44.9.